The largest absolute Gasteiger partial charge is 0.466 e. The molecule has 2 bridgehead atoms. The summed E-state index contributed by atoms with van der Waals surface area (Å²) in [5, 5.41) is 0. The number of hydrogen-bond donors (Lipinski definition) is 0. The molecule has 16 heavy (non-hydrogen) atoms. The van der Waals surface area contributed by atoms with E-state index in [1.807, 2.05) is 0 Å². The molecule has 1 unspecified atom stereocenters. The fraction of sp³-hybridized carbons (Fsp3) is 0.455. The highest BCUT2D eigenvalue weighted by Crippen LogP contribution is 2.46. The molecule has 0 aromatic rings. The maximum Gasteiger partial charge on any atom is 0.335 e. The highest BCUT2D eigenvalue weighted by Gasteiger charge is 2.50. The molecule has 0 N–H and O–H groups in total. The van der Waals surface area contributed by atoms with E-state index in [1.54, 1.807) is 12.2 Å². The number of allylic oxidation sites excluding steroid dienone is 2. The van der Waals surface area contributed by atoms with Crippen LogP contribution in [0.25, 0.3) is 0 Å². The molecule has 0 radical (unpaired) electrons. The number of carbonyl (C=O) groups is 2. The van der Waals surface area contributed by atoms with Gasteiger partial charge in [-0.25, -0.2) is 14.0 Å². The number of halogens is 1. The number of hydrogen-bond acceptors (Lipinski definition) is 4. The van der Waals surface area contributed by atoms with Crippen LogP contribution in [-0.4, -0.2) is 32.3 Å². The van der Waals surface area contributed by atoms with Gasteiger partial charge in [0.05, 0.1) is 25.4 Å². The summed E-state index contributed by atoms with van der Waals surface area (Å²) in [5.41, 5.74) is 0.184. The summed E-state index contributed by atoms with van der Waals surface area (Å²) in [6, 6.07) is 0. The molecule has 0 heterocycles. The molecule has 2 aliphatic carbocycles. The number of fused-ring (bicyclic) bond motifs is 2. The minimum atomic E-state index is -1.26. The Morgan fingerprint density at radius 3 is 1.75 bits per heavy atom. The lowest BCUT2D eigenvalue weighted by atomic mass is 9.97. The number of alkyl halides is 1. The Morgan fingerprint density at radius 1 is 1.06 bits per heavy atom. The van der Waals surface area contributed by atoms with Gasteiger partial charge >= 0.3 is 11.9 Å². The predicted octanol–water partition coefficient (Wildman–Crippen LogP) is 0.783. The molecule has 0 spiro atoms. The Kier molecular flexibility index (Phi) is 2.53. The first-order chi connectivity index (χ1) is 7.61. The molecule has 0 aliphatic heterocycles. The third-order valence-corrected chi connectivity index (χ3v) is 2.98. The van der Waals surface area contributed by atoms with Crippen LogP contribution in [0.15, 0.2) is 23.3 Å². The van der Waals surface area contributed by atoms with E-state index in [0.29, 0.717) is 0 Å². The first-order valence-corrected chi connectivity index (χ1v) is 4.85. The number of methoxy groups -OCH3 is 2. The Hall–Kier alpha value is -1.65. The zero-order chi connectivity index (χ0) is 11.9. The fourth-order valence-corrected chi connectivity index (χ4v) is 2.26. The Labute approximate surface area is 91.7 Å². The van der Waals surface area contributed by atoms with Crippen LogP contribution in [0.4, 0.5) is 4.39 Å². The van der Waals surface area contributed by atoms with Gasteiger partial charge in [-0.2, -0.15) is 0 Å². The van der Waals surface area contributed by atoms with Crippen molar-refractivity contribution < 1.29 is 23.5 Å². The van der Waals surface area contributed by atoms with Gasteiger partial charge in [-0.05, 0) is 0 Å². The number of ether oxygens (including phenoxy) is 2. The van der Waals surface area contributed by atoms with Gasteiger partial charge < -0.3 is 9.47 Å². The molecule has 0 aromatic carbocycles. The molecular formula is C11H11FO4. The summed E-state index contributed by atoms with van der Waals surface area (Å²) in [4.78, 5) is 23.0. The summed E-state index contributed by atoms with van der Waals surface area (Å²) in [5.74, 6) is -2.68. The average molecular weight is 226 g/mol. The van der Waals surface area contributed by atoms with Gasteiger partial charge in [-0.3, -0.25) is 0 Å². The Bertz CT molecular complexity index is 374. The molecule has 2 rings (SSSR count). The molecule has 4 nitrogen and oxygen atoms in total. The molecule has 0 amide bonds. The Balaban J connectivity index is 2.45. The van der Waals surface area contributed by atoms with Gasteiger partial charge in [0, 0.05) is 11.8 Å². The van der Waals surface area contributed by atoms with Gasteiger partial charge in [0.2, 0.25) is 0 Å². The second kappa shape index (κ2) is 3.73. The number of carbonyl (C=O) groups excluding carboxylic acids is 2. The summed E-state index contributed by atoms with van der Waals surface area (Å²) in [6.45, 7) is 0. The van der Waals surface area contributed by atoms with Crippen LogP contribution in [0.1, 0.15) is 0 Å². The zero-order valence-corrected chi connectivity index (χ0v) is 8.90. The van der Waals surface area contributed by atoms with Crippen LogP contribution in [0.2, 0.25) is 0 Å². The van der Waals surface area contributed by atoms with Gasteiger partial charge in [0.1, 0.15) is 6.17 Å². The van der Waals surface area contributed by atoms with Gasteiger partial charge in [-0.1, -0.05) is 12.2 Å². The zero-order valence-electron chi connectivity index (χ0n) is 8.90. The minimum absolute atomic E-state index is 0.0920. The van der Waals surface area contributed by atoms with E-state index in [9.17, 15) is 14.0 Å². The fourth-order valence-electron chi connectivity index (χ4n) is 2.26. The van der Waals surface area contributed by atoms with Crippen LogP contribution in [-0.2, 0) is 19.1 Å². The van der Waals surface area contributed by atoms with Gasteiger partial charge in [0.15, 0.2) is 0 Å². The molecule has 3 atom stereocenters. The number of esters is 2. The van der Waals surface area contributed by atoms with Crippen molar-refractivity contribution in [2.45, 2.75) is 6.17 Å². The lowest BCUT2D eigenvalue weighted by Gasteiger charge is -2.11. The molecule has 0 aromatic heterocycles. The molecule has 2 aliphatic rings. The van der Waals surface area contributed by atoms with Gasteiger partial charge in [-0.15, -0.1) is 0 Å². The van der Waals surface area contributed by atoms with Crippen LogP contribution >= 0.6 is 0 Å². The van der Waals surface area contributed by atoms with Crippen LogP contribution < -0.4 is 0 Å². The smallest absolute Gasteiger partial charge is 0.335 e. The molecule has 0 fully saturated rings. The van der Waals surface area contributed by atoms with Crippen molar-refractivity contribution in [3.05, 3.63) is 23.3 Å². The minimum Gasteiger partial charge on any atom is -0.466 e. The van der Waals surface area contributed by atoms with Crippen molar-refractivity contribution in [3.8, 4) is 0 Å². The van der Waals surface area contributed by atoms with Crippen LogP contribution in [0.3, 0.4) is 0 Å². The van der Waals surface area contributed by atoms with Gasteiger partial charge in [0.25, 0.3) is 0 Å². The third kappa shape index (κ3) is 1.27. The average Bonchev–Trinajstić information content (AvgIpc) is 2.80. The van der Waals surface area contributed by atoms with Crippen molar-refractivity contribution in [1.82, 2.24) is 0 Å². The summed E-state index contributed by atoms with van der Waals surface area (Å²) in [6.07, 6.45) is 1.92. The van der Waals surface area contributed by atoms with E-state index in [0.717, 1.165) is 0 Å². The predicted molar refractivity (Wildman–Crippen MR) is 52.1 cm³/mol. The lowest BCUT2D eigenvalue weighted by Crippen LogP contribution is -2.17. The topological polar surface area (TPSA) is 52.6 Å². The van der Waals surface area contributed by atoms with Crippen molar-refractivity contribution >= 4 is 11.9 Å². The van der Waals surface area contributed by atoms with Crippen molar-refractivity contribution in [2.24, 2.45) is 11.8 Å². The first-order valence-electron chi connectivity index (χ1n) is 4.85. The van der Waals surface area contributed by atoms with Crippen LogP contribution in [0, 0.1) is 11.8 Å². The normalized spacial score (nSPS) is 30.8. The van der Waals surface area contributed by atoms with E-state index >= 15 is 0 Å². The van der Waals surface area contributed by atoms with E-state index in [2.05, 4.69) is 9.47 Å². The highest BCUT2D eigenvalue weighted by molar-refractivity contribution is 6.03. The molecular weight excluding hydrogens is 215 g/mol. The van der Waals surface area contributed by atoms with Crippen molar-refractivity contribution in [2.75, 3.05) is 14.2 Å². The maximum absolute atomic E-state index is 13.7. The SMILES string of the molecule is COC(=O)C1=C(C(=O)OC)[C@@H]2C=C[C@H]1C2F. The van der Waals surface area contributed by atoms with E-state index < -0.39 is 29.9 Å². The van der Waals surface area contributed by atoms with E-state index in [4.69, 9.17) is 0 Å². The molecule has 86 valence electrons. The molecule has 0 saturated carbocycles. The standard InChI is InChI=1S/C11H11FO4/c1-15-10(13)7-5-3-4-6(9(5)12)8(7)11(14)16-2/h3-6,9H,1-2H3/t5-,6+,9?. The van der Waals surface area contributed by atoms with Crippen molar-refractivity contribution in [1.29, 1.82) is 0 Å². The quantitative estimate of drug-likeness (QED) is 0.516. The second-order valence-electron chi connectivity index (χ2n) is 3.69. The van der Waals surface area contributed by atoms with Crippen LogP contribution in [0.5, 0.6) is 0 Å². The molecule has 5 heteroatoms. The summed E-state index contributed by atoms with van der Waals surface area (Å²) < 4.78 is 22.9. The monoisotopic (exact) mass is 226 g/mol. The summed E-state index contributed by atoms with van der Waals surface area (Å²) in [7, 11) is 2.40. The summed E-state index contributed by atoms with van der Waals surface area (Å²) >= 11 is 0. The highest BCUT2D eigenvalue weighted by atomic mass is 19.1. The van der Waals surface area contributed by atoms with Crippen molar-refractivity contribution in [3.63, 3.8) is 0 Å². The number of rotatable bonds is 2. The second-order valence-corrected chi connectivity index (χ2v) is 3.69. The maximum atomic E-state index is 13.7. The third-order valence-electron chi connectivity index (χ3n) is 2.98. The van der Waals surface area contributed by atoms with E-state index in [-0.39, 0.29) is 11.1 Å². The molecule has 0 saturated heterocycles. The lowest BCUT2D eigenvalue weighted by molar-refractivity contribution is -0.139. The Morgan fingerprint density at radius 2 is 1.44 bits per heavy atom. The van der Waals surface area contributed by atoms with E-state index in [1.165, 1.54) is 14.2 Å². The first kappa shape index (κ1) is 10.9.